The fourth-order valence-electron chi connectivity index (χ4n) is 2.93. The molecule has 3 N–H and O–H groups in total. The zero-order valence-corrected chi connectivity index (χ0v) is 15.5. The quantitative estimate of drug-likeness (QED) is 0.738. The number of aryl methyl sites for hydroxylation is 1. The van der Waals surface area contributed by atoms with Crippen molar-refractivity contribution < 1.29 is 9.20 Å². The fraction of sp³-hybridized carbons (Fsp3) is 0.353. The smallest absolute Gasteiger partial charge is 0.190 e. The minimum absolute atomic E-state index is 0.619. The number of hydrogen-bond acceptors (Lipinski definition) is 4. The molecule has 2 aromatic heterocycles. The van der Waals surface area contributed by atoms with Crippen LogP contribution < -0.4 is 10.7 Å². The van der Waals surface area contributed by atoms with Gasteiger partial charge in [-0.05, 0) is 36.1 Å². The molecule has 0 spiro atoms. The lowest BCUT2D eigenvalue weighted by Crippen LogP contribution is -2.68. The maximum absolute atomic E-state index is 12.8. The average Bonchev–Trinajstić information content (AvgIpc) is 3.08. The van der Waals surface area contributed by atoms with Crippen LogP contribution in [0.5, 0.6) is 0 Å². The third kappa shape index (κ3) is 3.40. The predicted molar refractivity (Wildman–Crippen MR) is 99.9 cm³/mol. The Morgan fingerprint density at radius 1 is 1.48 bits per heavy atom. The summed E-state index contributed by atoms with van der Waals surface area (Å²) < 4.78 is 16.5. The van der Waals surface area contributed by atoms with Gasteiger partial charge >= 0.3 is 0 Å². The molecule has 1 aliphatic heterocycles. The second-order valence-corrected chi connectivity index (χ2v) is 7.41. The van der Waals surface area contributed by atoms with Gasteiger partial charge in [0.2, 0.25) is 0 Å². The van der Waals surface area contributed by atoms with Gasteiger partial charge in [0.25, 0.3) is 0 Å². The van der Waals surface area contributed by atoms with E-state index in [-0.39, 0.29) is 0 Å². The Balaban J connectivity index is 1.82. The van der Waals surface area contributed by atoms with Crippen LogP contribution in [0.1, 0.15) is 24.5 Å². The standard InChI is InChI=1S/C17H22N6OS/c1-12-10-23-17(20-11-21-23)8-15(12)14-4-6-22(7-5-14)25(24)16(9-18)13(2)19-3/h4,8-11H,5-7,18H2,1-3H3/p+1. The van der Waals surface area contributed by atoms with Crippen LogP contribution in [-0.4, -0.2) is 49.0 Å². The van der Waals surface area contributed by atoms with Crippen molar-refractivity contribution in [3.8, 4) is 0 Å². The minimum atomic E-state index is -1.27. The summed E-state index contributed by atoms with van der Waals surface area (Å²) >= 11 is 0. The molecule has 25 heavy (non-hydrogen) atoms. The van der Waals surface area contributed by atoms with Crippen LogP contribution in [0.4, 0.5) is 0 Å². The molecule has 0 radical (unpaired) electrons. The van der Waals surface area contributed by atoms with Crippen LogP contribution in [0.15, 0.2) is 35.8 Å². The molecule has 0 amide bonds. The number of nitrogens with two attached hydrogens (primary N) is 1. The van der Waals surface area contributed by atoms with Gasteiger partial charge in [0.1, 0.15) is 29.3 Å². The highest BCUT2D eigenvalue weighted by molar-refractivity contribution is 7.87. The second-order valence-electron chi connectivity index (χ2n) is 5.96. The molecule has 7 nitrogen and oxygen atoms in total. The molecule has 0 saturated carbocycles. The highest BCUT2D eigenvalue weighted by Gasteiger charge is 2.24. The van der Waals surface area contributed by atoms with E-state index in [1.54, 1.807) is 17.9 Å². The molecule has 3 heterocycles. The van der Waals surface area contributed by atoms with E-state index < -0.39 is 11.0 Å². The van der Waals surface area contributed by atoms with E-state index in [1.807, 2.05) is 17.4 Å². The van der Waals surface area contributed by atoms with E-state index >= 15 is 0 Å². The lowest BCUT2D eigenvalue weighted by molar-refractivity contribution is -0.419. The number of rotatable bonds is 4. The zero-order valence-electron chi connectivity index (χ0n) is 14.7. The molecule has 1 unspecified atom stereocenters. The molecule has 0 saturated heterocycles. The zero-order chi connectivity index (χ0) is 18.0. The first-order valence-electron chi connectivity index (χ1n) is 8.15. The van der Waals surface area contributed by atoms with Crippen LogP contribution in [0.25, 0.3) is 11.2 Å². The van der Waals surface area contributed by atoms with Crippen LogP contribution in [0.3, 0.4) is 0 Å². The van der Waals surface area contributed by atoms with Gasteiger partial charge in [0.05, 0.1) is 0 Å². The Hall–Kier alpha value is -2.32. The Labute approximate surface area is 149 Å². The Kier molecular flexibility index (Phi) is 5.10. The van der Waals surface area contributed by atoms with E-state index in [1.165, 1.54) is 17.3 Å². The van der Waals surface area contributed by atoms with Crippen LogP contribution >= 0.6 is 0 Å². The maximum atomic E-state index is 12.8. The summed E-state index contributed by atoms with van der Waals surface area (Å²) in [6.45, 7) is 5.28. The summed E-state index contributed by atoms with van der Waals surface area (Å²) in [7, 11) is 0.531. The number of nitrogens with zero attached hydrogens (tertiary/aromatic N) is 4. The Morgan fingerprint density at radius 3 is 2.92 bits per heavy atom. The van der Waals surface area contributed by atoms with Gasteiger partial charge < -0.3 is 5.73 Å². The predicted octanol–water partition coefficient (Wildman–Crippen LogP) is -0.238. The van der Waals surface area contributed by atoms with E-state index in [0.29, 0.717) is 18.0 Å². The topological polar surface area (TPSA) is 90.5 Å². The van der Waals surface area contributed by atoms with Crippen molar-refractivity contribution in [2.45, 2.75) is 20.3 Å². The largest absolute Gasteiger partial charge is 0.403 e. The van der Waals surface area contributed by atoms with Gasteiger partial charge in [0, 0.05) is 32.4 Å². The van der Waals surface area contributed by atoms with Gasteiger partial charge in [0.15, 0.2) is 11.4 Å². The van der Waals surface area contributed by atoms with E-state index in [2.05, 4.69) is 34.1 Å². The minimum Gasteiger partial charge on any atom is -0.403 e. The van der Waals surface area contributed by atoms with Crippen molar-refractivity contribution >= 4 is 27.9 Å². The first-order valence-corrected chi connectivity index (χ1v) is 9.25. The highest BCUT2D eigenvalue weighted by atomic mass is 32.2. The summed E-state index contributed by atoms with van der Waals surface area (Å²) in [6.07, 6.45) is 7.93. The second kappa shape index (κ2) is 7.28. The number of hydrogen-bond donors (Lipinski definition) is 2. The van der Waals surface area contributed by atoms with Gasteiger partial charge in [-0.15, -0.1) is 0 Å². The molecule has 0 aliphatic carbocycles. The van der Waals surface area contributed by atoms with E-state index in [9.17, 15) is 4.21 Å². The molecule has 0 bridgehead atoms. The third-order valence-electron chi connectivity index (χ3n) is 4.45. The third-order valence-corrected chi connectivity index (χ3v) is 6.07. The van der Waals surface area contributed by atoms with Crippen molar-refractivity contribution in [1.29, 1.82) is 0 Å². The van der Waals surface area contributed by atoms with Crippen molar-refractivity contribution in [1.82, 2.24) is 18.9 Å². The Bertz CT molecular complexity index is 911. The molecule has 1 atom stereocenters. The first kappa shape index (κ1) is 17.5. The lowest BCUT2D eigenvalue weighted by atomic mass is 9.97. The molecule has 1 aliphatic rings. The van der Waals surface area contributed by atoms with Gasteiger partial charge in [-0.25, -0.2) is 23.0 Å². The molecule has 0 fully saturated rings. The summed E-state index contributed by atoms with van der Waals surface area (Å²) in [5, 5.41) is 4.17. The lowest BCUT2D eigenvalue weighted by Gasteiger charge is -2.26. The molecule has 132 valence electrons. The normalized spacial score (nSPS) is 18.4. The Morgan fingerprint density at radius 2 is 2.28 bits per heavy atom. The molecular weight excluding hydrogens is 336 g/mol. The van der Waals surface area contributed by atoms with E-state index in [4.69, 9.17) is 5.73 Å². The summed E-state index contributed by atoms with van der Waals surface area (Å²) in [6, 6.07) is 2.06. The van der Waals surface area contributed by atoms with Crippen LogP contribution in [0, 0.1) is 6.92 Å². The molecular formula is C17H23N6OS+. The average molecular weight is 359 g/mol. The van der Waals surface area contributed by atoms with Gasteiger partial charge in [-0.1, -0.05) is 6.08 Å². The van der Waals surface area contributed by atoms with Crippen molar-refractivity contribution in [2.24, 2.45) is 5.73 Å². The fourth-order valence-corrected chi connectivity index (χ4v) is 4.15. The first-order chi connectivity index (χ1) is 12.0. The number of nitrogens with one attached hydrogen (secondary N) is 1. The van der Waals surface area contributed by atoms with Crippen molar-refractivity contribution in [3.63, 3.8) is 0 Å². The number of pyridine rings is 1. The number of aromatic nitrogens is 3. The van der Waals surface area contributed by atoms with E-state index in [0.717, 1.165) is 23.3 Å². The molecule has 0 aromatic carbocycles. The SMILES string of the molecule is C[NH+]=C(C)C(=CN)S(=O)N1CC=C(c2cc3ncnn3cc2C)CC1. The number of fused-ring (bicyclic) bond motifs is 1. The molecule has 3 rings (SSSR count). The molecule has 2 aromatic rings. The number of allylic oxidation sites excluding steroid dienone is 1. The summed E-state index contributed by atoms with van der Waals surface area (Å²) in [4.78, 5) is 7.89. The molecule has 8 heteroatoms. The summed E-state index contributed by atoms with van der Waals surface area (Å²) in [5.41, 5.74) is 10.9. The summed E-state index contributed by atoms with van der Waals surface area (Å²) in [5.74, 6) is 0. The van der Waals surface area contributed by atoms with Crippen molar-refractivity contribution in [2.75, 3.05) is 20.1 Å². The van der Waals surface area contributed by atoms with Crippen molar-refractivity contribution in [3.05, 3.63) is 46.9 Å². The highest BCUT2D eigenvalue weighted by Crippen LogP contribution is 2.27. The maximum Gasteiger partial charge on any atom is 0.190 e. The van der Waals surface area contributed by atoms with Gasteiger partial charge in [-0.3, -0.25) is 0 Å². The van der Waals surface area contributed by atoms with Crippen LogP contribution in [0.2, 0.25) is 0 Å². The van der Waals surface area contributed by atoms with Crippen LogP contribution in [-0.2, 0) is 11.0 Å². The monoisotopic (exact) mass is 359 g/mol. The van der Waals surface area contributed by atoms with Gasteiger partial charge in [-0.2, -0.15) is 5.10 Å².